The van der Waals surface area contributed by atoms with E-state index in [1.54, 1.807) is 11.8 Å². The second-order valence-corrected chi connectivity index (χ2v) is 6.09. The monoisotopic (exact) mass is 308 g/mol. The molecule has 1 heterocycles. The second-order valence-electron chi connectivity index (χ2n) is 4.94. The highest BCUT2D eigenvalue weighted by Gasteiger charge is 2.33. The van der Waals surface area contributed by atoms with Crippen LogP contribution in [0.2, 0.25) is 0 Å². The third kappa shape index (κ3) is 3.91. The summed E-state index contributed by atoms with van der Waals surface area (Å²) in [5.74, 6) is 0.287. The molecule has 2 rings (SSSR count). The number of amides is 2. The Morgan fingerprint density at radius 1 is 1.43 bits per heavy atom. The van der Waals surface area contributed by atoms with Crippen molar-refractivity contribution < 1.29 is 14.7 Å². The number of rotatable bonds is 4. The molecule has 1 fully saturated rings. The zero-order valence-corrected chi connectivity index (χ0v) is 12.8. The Kier molecular flexibility index (Phi) is 5.50. The van der Waals surface area contributed by atoms with Gasteiger partial charge in [-0.1, -0.05) is 37.3 Å². The summed E-state index contributed by atoms with van der Waals surface area (Å²) in [6.07, 6.45) is 0.760. The Bertz CT molecular complexity index is 495. The maximum atomic E-state index is 12.4. The van der Waals surface area contributed by atoms with Crippen LogP contribution in [0.15, 0.2) is 30.3 Å². The van der Waals surface area contributed by atoms with Crippen molar-refractivity contribution in [3.05, 3.63) is 35.9 Å². The highest BCUT2D eigenvalue weighted by Crippen LogP contribution is 2.20. The lowest BCUT2D eigenvalue weighted by atomic mass is 10.1. The maximum Gasteiger partial charge on any atom is 0.327 e. The van der Waals surface area contributed by atoms with Gasteiger partial charge in [-0.2, -0.15) is 11.8 Å². The van der Waals surface area contributed by atoms with E-state index < -0.39 is 12.0 Å². The van der Waals surface area contributed by atoms with Crippen LogP contribution >= 0.6 is 11.8 Å². The number of carbonyl (C=O) groups excluding carboxylic acids is 1. The van der Waals surface area contributed by atoms with Gasteiger partial charge in [-0.3, -0.25) is 0 Å². The van der Waals surface area contributed by atoms with Crippen molar-refractivity contribution in [3.8, 4) is 0 Å². The third-order valence-electron chi connectivity index (χ3n) is 3.58. The summed E-state index contributed by atoms with van der Waals surface area (Å²) in [6.45, 7) is 2.47. The van der Waals surface area contributed by atoms with Crippen LogP contribution in [0, 0.1) is 0 Å². The number of nitrogens with zero attached hydrogens (tertiary/aromatic N) is 1. The largest absolute Gasteiger partial charge is 0.480 e. The molecular formula is C15H20N2O3S. The fraction of sp³-hybridized carbons (Fsp3) is 0.467. The highest BCUT2D eigenvalue weighted by molar-refractivity contribution is 7.99. The number of benzene rings is 1. The molecule has 1 aliphatic heterocycles. The fourth-order valence-corrected chi connectivity index (χ4v) is 3.43. The lowest BCUT2D eigenvalue weighted by molar-refractivity contribution is -0.141. The second kappa shape index (κ2) is 7.36. The molecule has 0 aromatic heterocycles. The average molecular weight is 308 g/mol. The summed E-state index contributed by atoms with van der Waals surface area (Å²) in [6, 6.07) is 8.60. The molecule has 2 unspecified atom stereocenters. The molecule has 0 aliphatic carbocycles. The molecule has 6 heteroatoms. The van der Waals surface area contributed by atoms with E-state index in [-0.39, 0.29) is 12.1 Å². The Balaban J connectivity index is 2.06. The van der Waals surface area contributed by atoms with Crippen LogP contribution in [0.1, 0.15) is 24.9 Å². The van der Waals surface area contributed by atoms with Gasteiger partial charge < -0.3 is 15.3 Å². The maximum absolute atomic E-state index is 12.4. The summed E-state index contributed by atoms with van der Waals surface area (Å²) in [4.78, 5) is 25.1. The van der Waals surface area contributed by atoms with Gasteiger partial charge in [0.15, 0.2) is 0 Å². The first-order valence-electron chi connectivity index (χ1n) is 7.06. The zero-order valence-electron chi connectivity index (χ0n) is 12.0. The highest BCUT2D eigenvalue weighted by atomic mass is 32.2. The molecule has 0 bridgehead atoms. The predicted octanol–water partition coefficient (Wildman–Crippen LogP) is 2.35. The standard InChI is InChI=1S/C15H20N2O3S/c1-2-12(11-6-4-3-5-7-11)16-15(20)17-8-9-21-10-13(17)14(18)19/h3-7,12-13H,2,8-10H2,1H3,(H,16,20)(H,18,19). The van der Waals surface area contributed by atoms with Gasteiger partial charge in [0.2, 0.25) is 0 Å². The van der Waals surface area contributed by atoms with E-state index in [9.17, 15) is 14.7 Å². The molecule has 5 nitrogen and oxygen atoms in total. The topological polar surface area (TPSA) is 69.6 Å². The Labute approximate surface area is 128 Å². The molecule has 2 atom stereocenters. The number of urea groups is 1. The van der Waals surface area contributed by atoms with Gasteiger partial charge in [0.25, 0.3) is 0 Å². The lowest BCUT2D eigenvalue weighted by Crippen LogP contribution is -2.54. The molecule has 0 spiro atoms. The molecule has 2 amide bonds. The number of thioether (sulfide) groups is 1. The summed E-state index contributed by atoms with van der Waals surface area (Å²) in [5.41, 5.74) is 1.03. The number of hydrogen-bond donors (Lipinski definition) is 2. The Hall–Kier alpha value is -1.69. The van der Waals surface area contributed by atoms with E-state index in [1.807, 2.05) is 37.3 Å². The van der Waals surface area contributed by atoms with Crippen LogP contribution in [0.5, 0.6) is 0 Å². The number of nitrogens with one attached hydrogen (secondary N) is 1. The van der Waals surface area contributed by atoms with E-state index in [0.29, 0.717) is 12.3 Å². The first-order valence-corrected chi connectivity index (χ1v) is 8.21. The van der Waals surface area contributed by atoms with Crippen molar-refractivity contribution in [1.82, 2.24) is 10.2 Å². The average Bonchev–Trinajstić information content (AvgIpc) is 2.53. The summed E-state index contributed by atoms with van der Waals surface area (Å²) < 4.78 is 0. The van der Waals surface area contributed by atoms with Crippen LogP contribution in [0.3, 0.4) is 0 Å². The minimum atomic E-state index is -0.940. The van der Waals surface area contributed by atoms with Crippen molar-refractivity contribution in [2.24, 2.45) is 0 Å². The van der Waals surface area contributed by atoms with Crippen LogP contribution in [-0.4, -0.2) is 46.1 Å². The van der Waals surface area contributed by atoms with E-state index in [0.717, 1.165) is 17.7 Å². The quantitative estimate of drug-likeness (QED) is 0.896. The van der Waals surface area contributed by atoms with Gasteiger partial charge in [-0.15, -0.1) is 0 Å². The predicted molar refractivity (Wildman–Crippen MR) is 83.5 cm³/mol. The summed E-state index contributed by atoms with van der Waals surface area (Å²) in [7, 11) is 0. The van der Waals surface area contributed by atoms with Gasteiger partial charge in [0.1, 0.15) is 6.04 Å². The van der Waals surface area contributed by atoms with E-state index >= 15 is 0 Å². The lowest BCUT2D eigenvalue weighted by Gasteiger charge is -2.34. The normalized spacial score (nSPS) is 19.9. The van der Waals surface area contributed by atoms with Crippen LogP contribution in [-0.2, 0) is 4.79 Å². The molecule has 1 saturated heterocycles. The Morgan fingerprint density at radius 2 is 2.14 bits per heavy atom. The summed E-state index contributed by atoms with van der Waals surface area (Å²) >= 11 is 1.57. The van der Waals surface area contributed by atoms with E-state index in [1.165, 1.54) is 4.90 Å². The molecular weight excluding hydrogens is 288 g/mol. The summed E-state index contributed by atoms with van der Waals surface area (Å²) in [5, 5.41) is 12.2. The fourth-order valence-electron chi connectivity index (χ4n) is 2.39. The van der Waals surface area contributed by atoms with Gasteiger partial charge >= 0.3 is 12.0 Å². The van der Waals surface area contributed by atoms with Gasteiger partial charge in [0, 0.05) is 18.1 Å². The molecule has 21 heavy (non-hydrogen) atoms. The number of carbonyl (C=O) groups is 2. The molecule has 1 aliphatic rings. The van der Waals surface area contributed by atoms with Gasteiger partial charge in [0.05, 0.1) is 6.04 Å². The van der Waals surface area contributed by atoms with Gasteiger partial charge in [-0.25, -0.2) is 9.59 Å². The van der Waals surface area contributed by atoms with Crippen LogP contribution in [0.4, 0.5) is 4.79 Å². The molecule has 2 N–H and O–H groups in total. The molecule has 114 valence electrons. The minimum Gasteiger partial charge on any atom is -0.480 e. The SMILES string of the molecule is CCC(NC(=O)N1CCSCC1C(=O)O)c1ccccc1. The molecule has 1 aromatic rings. The first kappa shape index (κ1) is 15.7. The first-order chi connectivity index (χ1) is 10.1. The number of aliphatic carboxylic acids is 1. The van der Waals surface area contributed by atoms with Crippen LogP contribution < -0.4 is 5.32 Å². The number of carboxylic acid groups (broad SMARTS) is 1. The van der Waals surface area contributed by atoms with E-state index in [4.69, 9.17) is 0 Å². The third-order valence-corrected chi connectivity index (χ3v) is 4.60. The molecule has 0 radical (unpaired) electrons. The molecule has 0 saturated carbocycles. The van der Waals surface area contributed by atoms with Gasteiger partial charge in [-0.05, 0) is 12.0 Å². The smallest absolute Gasteiger partial charge is 0.327 e. The Morgan fingerprint density at radius 3 is 2.76 bits per heavy atom. The number of hydrogen-bond acceptors (Lipinski definition) is 3. The van der Waals surface area contributed by atoms with Crippen molar-refractivity contribution in [3.63, 3.8) is 0 Å². The van der Waals surface area contributed by atoms with Crippen molar-refractivity contribution in [2.75, 3.05) is 18.1 Å². The van der Waals surface area contributed by atoms with Crippen molar-refractivity contribution in [1.29, 1.82) is 0 Å². The minimum absolute atomic E-state index is 0.0947. The van der Waals surface area contributed by atoms with Crippen molar-refractivity contribution >= 4 is 23.8 Å². The van der Waals surface area contributed by atoms with Crippen molar-refractivity contribution in [2.45, 2.75) is 25.4 Å². The van der Waals surface area contributed by atoms with E-state index in [2.05, 4.69) is 5.32 Å². The zero-order chi connectivity index (χ0) is 15.2. The van der Waals surface area contributed by atoms with Crippen LogP contribution in [0.25, 0.3) is 0 Å². The number of carboxylic acids is 1. The molecule has 1 aromatic carbocycles.